The quantitative estimate of drug-likeness (QED) is 0.596. The molecule has 0 saturated carbocycles. The van der Waals surface area contributed by atoms with Gasteiger partial charge in [0.1, 0.15) is 12.2 Å². The van der Waals surface area contributed by atoms with Gasteiger partial charge in [-0.1, -0.05) is 6.92 Å². The van der Waals surface area contributed by atoms with Crippen LogP contribution in [0.15, 0.2) is 0 Å². The molecule has 0 aliphatic rings. The fourth-order valence-corrected chi connectivity index (χ4v) is 0.876. The third-order valence-corrected chi connectivity index (χ3v) is 1.63. The van der Waals surface area contributed by atoms with Crippen molar-refractivity contribution in [2.24, 2.45) is 0 Å². The van der Waals surface area contributed by atoms with Crippen LogP contribution in [0.2, 0.25) is 0 Å². The van der Waals surface area contributed by atoms with Gasteiger partial charge in [-0.2, -0.15) is 0 Å². The molecule has 0 aliphatic carbocycles. The molecule has 17 heavy (non-hydrogen) atoms. The van der Waals surface area contributed by atoms with E-state index in [0.29, 0.717) is 0 Å². The predicted molar refractivity (Wildman–Crippen MR) is 60.4 cm³/mol. The molecule has 5 nitrogen and oxygen atoms in total. The maximum Gasteiger partial charge on any atom is 0.407 e. The summed E-state index contributed by atoms with van der Waals surface area (Å²) >= 11 is 0. The van der Waals surface area contributed by atoms with Crippen molar-refractivity contribution in [1.29, 1.82) is 0 Å². The molecule has 100 valence electrons. The van der Waals surface area contributed by atoms with Crippen molar-refractivity contribution in [3.63, 3.8) is 0 Å². The van der Waals surface area contributed by atoms with Crippen molar-refractivity contribution in [1.82, 2.24) is 5.32 Å². The van der Waals surface area contributed by atoms with Crippen LogP contribution in [0.3, 0.4) is 0 Å². The van der Waals surface area contributed by atoms with E-state index in [9.17, 15) is 14.0 Å². The zero-order valence-electron chi connectivity index (χ0n) is 10.7. The normalized spacial score (nSPS) is 12.8. The number of carbonyl (C=O) groups is 2. The van der Waals surface area contributed by atoms with Gasteiger partial charge in [-0.3, -0.25) is 0 Å². The van der Waals surface area contributed by atoms with E-state index in [4.69, 9.17) is 4.74 Å². The Kier molecular flexibility index (Phi) is 6.53. The second kappa shape index (κ2) is 7.09. The largest absolute Gasteiger partial charge is 0.462 e. The van der Waals surface area contributed by atoms with Crippen LogP contribution >= 0.6 is 0 Å². The number of alkyl halides is 1. The lowest BCUT2D eigenvalue weighted by atomic mass is 10.2. The Labute approximate surface area is 101 Å². The van der Waals surface area contributed by atoms with Gasteiger partial charge in [0.05, 0.1) is 6.54 Å². The third-order valence-electron chi connectivity index (χ3n) is 1.63. The van der Waals surface area contributed by atoms with Gasteiger partial charge in [0.15, 0.2) is 6.17 Å². The average molecular weight is 249 g/mol. The highest BCUT2D eigenvalue weighted by molar-refractivity contribution is 5.74. The Balaban J connectivity index is 3.65. The second-order valence-electron chi connectivity index (χ2n) is 4.47. The monoisotopic (exact) mass is 249 g/mol. The third kappa shape index (κ3) is 8.47. The molecule has 1 atom stereocenters. The lowest BCUT2D eigenvalue weighted by Gasteiger charge is -2.19. The van der Waals surface area contributed by atoms with Crippen molar-refractivity contribution in [2.45, 2.75) is 45.9 Å². The molecule has 0 heterocycles. The molecule has 0 rings (SSSR count). The summed E-state index contributed by atoms with van der Waals surface area (Å²) in [6, 6.07) is 0. The van der Waals surface area contributed by atoms with Crippen molar-refractivity contribution >= 4 is 12.1 Å². The highest BCUT2D eigenvalue weighted by atomic mass is 19.1. The van der Waals surface area contributed by atoms with E-state index in [1.807, 2.05) is 0 Å². The SMILES string of the molecule is CCC(F)C(=O)OCCNC(=O)OC(C)(C)C. The Hall–Kier alpha value is -1.33. The maximum absolute atomic E-state index is 12.7. The van der Waals surface area contributed by atoms with E-state index < -0.39 is 23.8 Å². The molecular formula is C11H20FNO4. The molecule has 1 unspecified atom stereocenters. The zero-order valence-corrected chi connectivity index (χ0v) is 10.7. The van der Waals surface area contributed by atoms with E-state index in [-0.39, 0.29) is 19.6 Å². The highest BCUT2D eigenvalue weighted by Gasteiger charge is 2.17. The summed E-state index contributed by atoms with van der Waals surface area (Å²) in [4.78, 5) is 22.1. The zero-order chi connectivity index (χ0) is 13.5. The van der Waals surface area contributed by atoms with Gasteiger partial charge in [-0.05, 0) is 27.2 Å². The van der Waals surface area contributed by atoms with Crippen molar-refractivity contribution in [2.75, 3.05) is 13.2 Å². The number of rotatable bonds is 5. The molecule has 6 heteroatoms. The van der Waals surface area contributed by atoms with Crippen molar-refractivity contribution < 1.29 is 23.5 Å². The van der Waals surface area contributed by atoms with Crippen LogP contribution in [-0.2, 0) is 14.3 Å². The van der Waals surface area contributed by atoms with Crippen LogP contribution in [0.4, 0.5) is 9.18 Å². The first kappa shape index (κ1) is 15.7. The van der Waals surface area contributed by atoms with Crippen molar-refractivity contribution in [3.05, 3.63) is 0 Å². The molecule has 0 aromatic heterocycles. The molecule has 0 aromatic carbocycles. The molecule has 1 N–H and O–H groups in total. The number of amides is 1. The minimum absolute atomic E-state index is 0.0709. The number of hydrogen-bond acceptors (Lipinski definition) is 4. The van der Waals surface area contributed by atoms with Crippen LogP contribution in [0.1, 0.15) is 34.1 Å². The van der Waals surface area contributed by atoms with Crippen LogP contribution < -0.4 is 5.32 Å². The second-order valence-corrected chi connectivity index (χ2v) is 4.47. The van der Waals surface area contributed by atoms with Gasteiger partial charge in [0.2, 0.25) is 0 Å². The molecule has 1 amide bonds. The number of carbonyl (C=O) groups excluding carboxylic acids is 2. The summed E-state index contributed by atoms with van der Waals surface area (Å²) in [6.45, 7) is 6.78. The molecule has 0 aliphatic heterocycles. The number of halogens is 1. The summed E-state index contributed by atoms with van der Waals surface area (Å²) < 4.78 is 22.3. The summed E-state index contributed by atoms with van der Waals surface area (Å²) in [6.07, 6.45) is -2.12. The lowest BCUT2D eigenvalue weighted by molar-refractivity contribution is -0.149. The minimum Gasteiger partial charge on any atom is -0.462 e. The van der Waals surface area contributed by atoms with Gasteiger partial charge in [-0.25, -0.2) is 14.0 Å². The summed E-state index contributed by atoms with van der Waals surface area (Å²) in [5.41, 5.74) is -0.576. The van der Waals surface area contributed by atoms with Gasteiger partial charge >= 0.3 is 12.1 Å². The molecule has 0 saturated heterocycles. The first-order valence-electron chi connectivity index (χ1n) is 5.54. The Bertz CT molecular complexity index is 263. The molecule has 0 spiro atoms. The predicted octanol–water partition coefficient (Wildman–Crippen LogP) is 1.80. The van der Waals surface area contributed by atoms with E-state index in [2.05, 4.69) is 10.1 Å². The highest BCUT2D eigenvalue weighted by Crippen LogP contribution is 2.06. The minimum atomic E-state index is -1.60. The fourth-order valence-electron chi connectivity index (χ4n) is 0.876. The number of ether oxygens (including phenoxy) is 2. The Morgan fingerprint density at radius 2 is 1.94 bits per heavy atom. The van der Waals surface area contributed by atoms with Crippen molar-refractivity contribution in [3.8, 4) is 0 Å². The van der Waals surface area contributed by atoms with E-state index in [1.54, 1.807) is 27.7 Å². The molecule has 0 bridgehead atoms. The topological polar surface area (TPSA) is 64.6 Å². The Morgan fingerprint density at radius 3 is 2.41 bits per heavy atom. The van der Waals surface area contributed by atoms with Gasteiger partial charge in [-0.15, -0.1) is 0 Å². The molecular weight excluding hydrogens is 229 g/mol. The van der Waals surface area contributed by atoms with E-state index in [0.717, 1.165) is 0 Å². The average Bonchev–Trinajstić information content (AvgIpc) is 2.20. The van der Waals surface area contributed by atoms with E-state index >= 15 is 0 Å². The van der Waals surface area contributed by atoms with Crippen LogP contribution in [-0.4, -0.2) is 37.0 Å². The van der Waals surface area contributed by atoms with Crippen LogP contribution in [0.25, 0.3) is 0 Å². The Morgan fingerprint density at radius 1 is 1.35 bits per heavy atom. The number of hydrogen-bond donors (Lipinski definition) is 1. The van der Waals surface area contributed by atoms with E-state index in [1.165, 1.54) is 0 Å². The van der Waals surface area contributed by atoms with Crippen LogP contribution in [0, 0.1) is 0 Å². The first-order valence-corrected chi connectivity index (χ1v) is 5.54. The first-order chi connectivity index (χ1) is 7.76. The maximum atomic E-state index is 12.7. The molecule has 0 radical (unpaired) electrons. The smallest absolute Gasteiger partial charge is 0.407 e. The fraction of sp³-hybridized carbons (Fsp3) is 0.818. The summed E-state index contributed by atoms with van der Waals surface area (Å²) in [7, 11) is 0. The number of esters is 1. The van der Waals surface area contributed by atoms with Gasteiger partial charge in [0.25, 0.3) is 0 Å². The standard InChI is InChI=1S/C11H20FNO4/c1-5-8(12)9(14)16-7-6-13-10(15)17-11(2,3)4/h8H,5-7H2,1-4H3,(H,13,15). The molecule has 0 fully saturated rings. The summed E-state index contributed by atoms with van der Waals surface area (Å²) in [5, 5.41) is 2.39. The summed E-state index contributed by atoms with van der Waals surface area (Å²) in [5.74, 6) is -0.904. The number of nitrogens with one attached hydrogen (secondary N) is 1. The number of alkyl carbamates (subject to hydrolysis) is 1. The lowest BCUT2D eigenvalue weighted by Crippen LogP contribution is -2.35. The molecule has 0 aromatic rings. The van der Waals surface area contributed by atoms with Gasteiger partial charge in [0, 0.05) is 0 Å². The van der Waals surface area contributed by atoms with Gasteiger partial charge < -0.3 is 14.8 Å². The van der Waals surface area contributed by atoms with Crippen LogP contribution in [0.5, 0.6) is 0 Å².